The summed E-state index contributed by atoms with van der Waals surface area (Å²) in [5.41, 5.74) is 6.59. The largest absolute Gasteiger partial charge is 0.493 e. The van der Waals surface area contributed by atoms with Crippen molar-refractivity contribution in [1.29, 1.82) is 0 Å². The number of hydrogen-bond acceptors (Lipinski definition) is 5. The molecule has 0 fully saturated rings. The molecule has 174 valence electrons. The number of terminal acetylenes is 1. The van der Waals surface area contributed by atoms with Gasteiger partial charge in [-0.2, -0.15) is 0 Å². The molecule has 0 bridgehead atoms. The van der Waals surface area contributed by atoms with Crippen LogP contribution in [0.25, 0.3) is 0 Å². The van der Waals surface area contributed by atoms with Gasteiger partial charge in [0.1, 0.15) is 19.0 Å². The molecule has 3 aromatic rings. The highest BCUT2D eigenvalue weighted by atomic mass is 16.5. The fraction of sp³-hybridized carbons (Fsp3) is 0.276. The van der Waals surface area contributed by atoms with Crippen LogP contribution in [0.15, 0.2) is 65.7 Å². The third kappa shape index (κ3) is 4.87. The molecule has 1 aliphatic heterocycles. The molecule has 5 nitrogen and oxygen atoms in total. The van der Waals surface area contributed by atoms with Gasteiger partial charge < -0.3 is 19.1 Å². The molecule has 34 heavy (non-hydrogen) atoms. The van der Waals surface area contributed by atoms with Crippen molar-refractivity contribution in [2.75, 3.05) is 32.4 Å². The first-order chi connectivity index (χ1) is 16.5. The van der Waals surface area contributed by atoms with E-state index in [0.717, 1.165) is 33.8 Å². The fourth-order valence-electron chi connectivity index (χ4n) is 4.12. The molecule has 1 heterocycles. The highest BCUT2D eigenvalue weighted by Gasteiger charge is 2.23. The number of nitrogens with zero attached hydrogens (tertiary/aromatic N) is 2. The van der Waals surface area contributed by atoms with Gasteiger partial charge >= 0.3 is 0 Å². The zero-order chi connectivity index (χ0) is 24.1. The van der Waals surface area contributed by atoms with Crippen LogP contribution in [0.4, 0.5) is 5.69 Å². The summed E-state index contributed by atoms with van der Waals surface area (Å²) in [5.74, 6) is 5.17. The van der Waals surface area contributed by atoms with Crippen molar-refractivity contribution >= 4 is 11.4 Å². The second-order valence-electron chi connectivity index (χ2n) is 8.48. The Kier molecular flexibility index (Phi) is 7.08. The Labute approximate surface area is 202 Å². The molecule has 0 saturated heterocycles. The van der Waals surface area contributed by atoms with Gasteiger partial charge in [0.25, 0.3) is 0 Å². The summed E-state index contributed by atoms with van der Waals surface area (Å²) >= 11 is 0. The van der Waals surface area contributed by atoms with Gasteiger partial charge in [-0.15, -0.1) is 6.42 Å². The summed E-state index contributed by atoms with van der Waals surface area (Å²) in [6.45, 7) is 5.85. The Morgan fingerprint density at radius 2 is 1.74 bits per heavy atom. The Bertz CT molecular complexity index is 1220. The molecule has 0 aliphatic carbocycles. The van der Waals surface area contributed by atoms with E-state index in [1.54, 1.807) is 14.2 Å². The molecule has 0 saturated carbocycles. The highest BCUT2D eigenvalue weighted by molar-refractivity contribution is 6.17. The van der Waals surface area contributed by atoms with Crippen LogP contribution in [-0.2, 0) is 6.54 Å². The van der Waals surface area contributed by atoms with Crippen LogP contribution in [-0.4, -0.2) is 33.2 Å². The maximum absolute atomic E-state index is 5.73. The number of aliphatic imine (C=N–C) groups is 1. The van der Waals surface area contributed by atoms with Gasteiger partial charge in [0.15, 0.2) is 11.5 Å². The topological polar surface area (TPSA) is 43.3 Å². The van der Waals surface area contributed by atoms with Gasteiger partial charge in [-0.3, -0.25) is 4.99 Å². The average Bonchev–Trinajstić information content (AvgIpc) is 2.87. The molecule has 5 heteroatoms. The Morgan fingerprint density at radius 3 is 2.41 bits per heavy atom. The van der Waals surface area contributed by atoms with E-state index in [9.17, 15) is 0 Å². The number of methoxy groups -OCH3 is 2. The summed E-state index contributed by atoms with van der Waals surface area (Å²) in [7, 11) is 3.29. The monoisotopic (exact) mass is 454 g/mol. The summed E-state index contributed by atoms with van der Waals surface area (Å²) in [5, 5.41) is 0. The van der Waals surface area contributed by atoms with E-state index >= 15 is 0 Å². The van der Waals surface area contributed by atoms with E-state index in [1.165, 1.54) is 5.56 Å². The van der Waals surface area contributed by atoms with Crippen molar-refractivity contribution in [3.63, 3.8) is 0 Å². The predicted octanol–water partition coefficient (Wildman–Crippen LogP) is 5.65. The summed E-state index contributed by atoms with van der Waals surface area (Å²) in [6, 6.07) is 20.7. The molecule has 0 N–H and O–H groups in total. The smallest absolute Gasteiger partial charge is 0.161 e. The lowest BCUT2D eigenvalue weighted by Crippen LogP contribution is -2.29. The maximum Gasteiger partial charge on any atom is 0.161 e. The normalized spacial score (nSPS) is 12.6. The van der Waals surface area contributed by atoms with Crippen molar-refractivity contribution in [1.82, 2.24) is 0 Å². The van der Waals surface area contributed by atoms with Gasteiger partial charge in [-0.05, 0) is 47.4 Å². The molecule has 0 aromatic heterocycles. The van der Waals surface area contributed by atoms with Gasteiger partial charge in [-0.25, -0.2) is 0 Å². The lowest BCUT2D eigenvalue weighted by molar-refractivity contribution is 0.354. The molecule has 0 spiro atoms. The van der Waals surface area contributed by atoms with Crippen molar-refractivity contribution in [3.05, 3.63) is 82.9 Å². The minimum Gasteiger partial charge on any atom is -0.493 e. The Hall–Kier alpha value is -3.91. The zero-order valence-electron chi connectivity index (χ0n) is 20.2. The molecule has 0 atom stereocenters. The van der Waals surface area contributed by atoms with Crippen LogP contribution in [0.3, 0.4) is 0 Å². The van der Waals surface area contributed by atoms with E-state index in [2.05, 4.69) is 61.1 Å². The fourth-order valence-corrected chi connectivity index (χ4v) is 4.12. The van der Waals surface area contributed by atoms with Gasteiger partial charge in [0.2, 0.25) is 0 Å². The number of rotatable bonds is 8. The third-order valence-corrected chi connectivity index (χ3v) is 5.96. The SMILES string of the molecule is C#CCOc1ccc2c(c1)C(c1ccc(C(C)C)cc1)=NCN2Cc1ccc(OC)c(OC)c1. The number of ether oxygens (including phenoxy) is 3. The van der Waals surface area contributed by atoms with Gasteiger partial charge in [-0.1, -0.05) is 50.1 Å². The molecule has 4 rings (SSSR count). The number of anilines is 1. The molecular weight excluding hydrogens is 424 g/mol. The molecule has 0 unspecified atom stereocenters. The molecule has 3 aromatic carbocycles. The third-order valence-electron chi connectivity index (χ3n) is 5.96. The van der Waals surface area contributed by atoms with E-state index in [0.29, 0.717) is 30.6 Å². The lowest BCUT2D eigenvalue weighted by atomic mass is 9.95. The van der Waals surface area contributed by atoms with Crippen molar-refractivity contribution in [2.24, 2.45) is 4.99 Å². The standard InChI is InChI=1S/C29H30N2O3/c1-6-15-34-24-12-13-26-25(17-24)29(23-10-8-22(9-11-23)20(2)3)30-19-31(26)18-21-7-14-27(32-4)28(16-21)33-5/h1,7-14,16-17,20H,15,18-19H2,2-5H3. The Morgan fingerprint density at radius 1 is 0.971 bits per heavy atom. The lowest BCUT2D eigenvalue weighted by Gasteiger charge is -2.31. The van der Waals surface area contributed by atoms with Crippen LogP contribution in [0.2, 0.25) is 0 Å². The average molecular weight is 455 g/mol. The summed E-state index contributed by atoms with van der Waals surface area (Å²) in [4.78, 5) is 7.23. The van der Waals surface area contributed by atoms with Crippen molar-refractivity contribution in [2.45, 2.75) is 26.3 Å². The van der Waals surface area contributed by atoms with Gasteiger partial charge in [0.05, 0.1) is 19.9 Å². The van der Waals surface area contributed by atoms with Crippen molar-refractivity contribution < 1.29 is 14.2 Å². The van der Waals surface area contributed by atoms with E-state index < -0.39 is 0 Å². The number of benzene rings is 3. The van der Waals surface area contributed by atoms with Crippen LogP contribution < -0.4 is 19.1 Å². The van der Waals surface area contributed by atoms with Crippen molar-refractivity contribution in [3.8, 4) is 29.6 Å². The number of fused-ring (bicyclic) bond motifs is 1. The van der Waals surface area contributed by atoms with Crippen LogP contribution in [0.1, 0.15) is 42.0 Å². The second kappa shape index (κ2) is 10.4. The first-order valence-electron chi connectivity index (χ1n) is 11.4. The van der Waals surface area contributed by atoms with Crippen LogP contribution in [0, 0.1) is 12.3 Å². The highest BCUT2D eigenvalue weighted by Crippen LogP contribution is 2.34. The van der Waals surface area contributed by atoms with Crippen LogP contribution >= 0.6 is 0 Å². The summed E-state index contributed by atoms with van der Waals surface area (Å²) < 4.78 is 16.6. The first-order valence-corrected chi connectivity index (χ1v) is 11.4. The number of hydrogen-bond donors (Lipinski definition) is 0. The zero-order valence-corrected chi connectivity index (χ0v) is 20.2. The minimum absolute atomic E-state index is 0.226. The Balaban J connectivity index is 1.69. The molecule has 1 aliphatic rings. The van der Waals surface area contributed by atoms with E-state index in [-0.39, 0.29) is 6.61 Å². The minimum atomic E-state index is 0.226. The maximum atomic E-state index is 5.73. The van der Waals surface area contributed by atoms with E-state index in [4.69, 9.17) is 25.6 Å². The van der Waals surface area contributed by atoms with Gasteiger partial charge in [0, 0.05) is 23.4 Å². The molecule has 0 radical (unpaired) electrons. The van der Waals surface area contributed by atoms with Crippen LogP contribution in [0.5, 0.6) is 17.2 Å². The molecule has 0 amide bonds. The molecular formula is C29H30N2O3. The first kappa shape index (κ1) is 23.3. The predicted molar refractivity (Wildman–Crippen MR) is 138 cm³/mol. The quantitative estimate of drug-likeness (QED) is 0.412. The summed E-state index contributed by atoms with van der Waals surface area (Å²) in [6.07, 6.45) is 5.40. The van der Waals surface area contributed by atoms with E-state index in [1.807, 2.05) is 24.3 Å². The second-order valence-corrected chi connectivity index (χ2v) is 8.48.